The lowest BCUT2D eigenvalue weighted by Gasteiger charge is -2.22. The van der Waals surface area contributed by atoms with Crippen molar-refractivity contribution < 1.29 is 19.1 Å². The summed E-state index contributed by atoms with van der Waals surface area (Å²) in [5, 5.41) is 4.77. The molecule has 9 nitrogen and oxygen atoms in total. The molecule has 25 heavy (non-hydrogen) atoms. The Bertz CT molecular complexity index is 1050. The van der Waals surface area contributed by atoms with Crippen LogP contribution in [0.15, 0.2) is 23.0 Å². The standard InChI is InChI=1S/C16H12N4O5/c1-6-2-7(3-9-13(6)25-5-10(21)18-9)20-11(22)4-8-12(14(20)17)16(24)19-15(8)23/h2-4H,5,17H2,1H3,(H,18,21)(H,19,23,24). The van der Waals surface area contributed by atoms with Crippen LogP contribution in [0.3, 0.4) is 0 Å². The van der Waals surface area contributed by atoms with Crippen molar-refractivity contribution in [3.63, 3.8) is 0 Å². The molecule has 0 radical (unpaired) electrons. The van der Waals surface area contributed by atoms with Gasteiger partial charge < -0.3 is 15.8 Å². The molecule has 1 aromatic heterocycles. The van der Waals surface area contributed by atoms with Gasteiger partial charge in [0.25, 0.3) is 23.3 Å². The topological polar surface area (TPSA) is 133 Å². The van der Waals surface area contributed by atoms with Crippen molar-refractivity contribution >= 4 is 29.2 Å². The van der Waals surface area contributed by atoms with E-state index in [1.54, 1.807) is 13.0 Å². The number of rotatable bonds is 1. The summed E-state index contributed by atoms with van der Waals surface area (Å²) in [6.07, 6.45) is 0. The number of aryl methyl sites for hydroxylation is 1. The van der Waals surface area contributed by atoms with Crippen molar-refractivity contribution in [2.24, 2.45) is 0 Å². The van der Waals surface area contributed by atoms with Gasteiger partial charge in [0.15, 0.2) is 6.61 Å². The number of hydrogen-bond acceptors (Lipinski definition) is 6. The number of amides is 3. The number of nitrogens with one attached hydrogen (secondary N) is 2. The zero-order valence-corrected chi connectivity index (χ0v) is 13.0. The smallest absolute Gasteiger partial charge is 0.262 e. The lowest BCUT2D eigenvalue weighted by molar-refractivity contribution is -0.118. The predicted molar refractivity (Wildman–Crippen MR) is 87.1 cm³/mol. The van der Waals surface area contributed by atoms with Crippen molar-refractivity contribution in [2.75, 3.05) is 17.7 Å². The Hall–Kier alpha value is -3.62. The molecule has 0 atom stereocenters. The molecule has 1 aromatic carbocycles. The fourth-order valence-corrected chi connectivity index (χ4v) is 3.04. The van der Waals surface area contributed by atoms with E-state index in [0.29, 0.717) is 22.7 Å². The first-order chi connectivity index (χ1) is 11.9. The molecule has 0 spiro atoms. The summed E-state index contributed by atoms with van der Waals surface area (Å²) in [5.41, 5.74) is 6.78. The summed E-state index contributed by atoms with van der Waals surface area (Å²) >= 11 is 0. The summed E-state index contributed by atoms with van der Waals surface area (Å²) in [6, 6.07) is 4.24. The first-order valence-electron chi connectivity index (χ1n) is 7.35. The Labute approximate surface area is 140 Å². The Balaban J connectivity index is 1.97. The number of fused-ring (bicyclic) bond motifs is 2. The van der Waals surface area contributed by atoms with Crippen molar-refractivity contribution in [3.8, 4) is 11.4 Å². The van der Waals surface area contributed by atoms with Crippen LogP contribution in [0, 0.1) is 6.92 Å². The number of aromatic nitrogens is 1. The minimum atomic E-state index is -0.655. The van der Waals surface area contributed by atoms with Crippen molar-refractivity contribution in [1.29, 1.82) is 0 Å². The van der Waals surface area contributed by atoms with E-state index in [1.165, 1.54) is 6.07 Å². The van der Waals surface area contributed by atoms with Crippen LogP contribution < -0.4 is 26.7 Å². The van der Waals surface area contributed by atoms with Gasteiger partial charge in [-0.2, -0.15) is 0 Å². The molecule has 3 heterocycles. The van der Waals surface area contributed by atoms with Gasteiger partial charge in [-0.25, -0.2) is 0 Å². The summed E-state index contributed by atoms with van der Waals surface area (Å²) in [7, 11) is 0. The molecule has 2 aliphatic rings. The van der Waals surface area contributed by atoms with Crippen LogP contribution in [0.25, 0.3) is 5.69 Å². The summed E-state index contributed by atoms with van der Waals surface area (Å²) in [4.78, 5) is 47.6. The van der Waals surface area contributed by atoms with Crippen molar-refractivity contribution in [3.05, 3.63) is 45.2 Å². The second-order valence-corrected chi connectivity index (χ2v) is 5.75. The number of hydrogen-bond donors (Lipinski definition) is 3. The van der Waals surface area contributed by atoms with Crippen LogP contribution >= 0.6 is 0 Å². The van der Waals surface area contributed by atoms with E-state index >= 15 is 0 Å². The number of anilines is 2. The van der Waals surface area contributed by atoms with Gasteiger partial charge in [0.2, 0.25) is 0 Å². The van der Waals surface area contributed by atoms with Gasteiger partial charge in [-0.1, -0.05) is 0 Å². The summed E-state index contributed by atoms with van der Waals surface area (Å²) < 4.78 is 6.50. The zero-order valence-electron chi connectivity index (χ0n) is 13.0. The molecule has 4 rings (SSSR count). The van der Waals surface area contributed by atoms with Crippen LogP contribution in [-0.4, -0.2) is 28.9 Å². The first-order valence-corrected chi connectivity index (χ1v) is 7.35. The Morgan fingerprint density at radius 2 is 1.84 bits per heavy atom. The molecule has 0 unspecified atom stereocenters. The number of benzene rings is 1. The SMILES string of the molecule is Cc1cc(-n2c(N)c3c(cc2=O)C(=O)NC3=O)cc2c1OCC(=O)N2. The quantitative estimate of drug-likeness (QED) is 0.623. The molecule has 2 aromatic rings. The molecule has 0 fully saturated rings. The number of nitrogen functional groups attached to an aromatic ring is 1. The van der Waals surface area contributed by atoms with Gasteiger partial charge in [0.05, 0.1) is 22.5 Å². The molecule has 0 saturated carbocycles. The van der Waals surface area contributed by atoms with Gasteiger partial charge in [-0.3, -0.25) is 29.1 Å². The van der Waals surface area contributed by atoms with Crippen LogP contribution in [0.4, 0.5) is 11.5 Å². The van der Waals surface area contributed by atoms with Gasteiger partial charge >= 0.3 is 0 Å². The largest absolute Gasteiger partial charge is 0.481 e. The maximum absolute atomic E-state index is 12.5. The maximum Gasteiger partial charge on any atom is 0.262 e. The normalized spacial score (nSPS) is 15.2. The highest BCUT2D eigenvalue weighted by atomic mass is 16.5. The fraction of sp³-hybridized carbons (Fsp3) is 0.125. The van der Waals surface area contributed by atoms with E-state index in [9.17, 15) is 19.2 Å². The third kappa shape index (κ3) is 2.09. The molecule has 0 saturated heterocycles. The number of nitrogens with two attached hydrogens (primary N) is 1. The van der Waals surface area contributed by atoms with E-state index in [4.69, 9.17) is 10.5 Å². The average Bonchev–Trinajstić information content (AvgIpc) is 2.81. The maximum atomic E-state index is 12.5. The number of imide groups is 1. The monoisotopic (exact) mass is 340 g/mol. The van der Waals surface area contributed by atoms with E-state index in [-0.39, 0.29) is 29.5 Å². The minimum Gasteiger partial charge on any atom is -0.481 e. The van der Waals surface area contributed by atoms with Crippen LogP contribution in [0.1, 0.15) is 26.3 Å². The van der Waals surface area contributed by atoms with Gasteiger partial charge in [0.1, 0.15) is 11.6 Å². The van der Waals surface area contributed by atoms with Crippen LogP contribution in [0.5, 0.6) is 5.75 Å². The number of ether oxygens (including phenoxy) is 1. The minimum absolute atomic E-state index is 0.0414. The second kappa shape index (κ2) is 4.94. The Morgan fingerprint density at radius 1 is 1.08 bits per heavy atom. The molecule has 126 valence electrons. The zero-order chi connectivity index (χ0) is 17.9. The average molecular weight is 340 g/mol. The Morgan fingerprint density at radius 3 is 2.60 bits per heavy atom. The van der Waals surface area contributed by atoms with Gasteiger partial charge in [-0.15, -0.1) is 0 Å². The van der Waals surface area contributed by atoms with E-state index in [1.807, 2.05) is 0 Å². The molecule has 2 aliphatic heterocycles. The summed E-state index contributed by atoms with van der Waals surface area (Å²) in [5.74, 6) is -1.27. The van der Waals surface area contributed by atoms with E-state index in [2.05, 4.69) is 10.6 Å². The Kier molecular flexibility index (Phi) is 2.95. The van der Waals surface area contributed by atoms with Gasteiger partial charge in [0, 0.05) is 6.07 Å². The van der Waals surface area contributed by atoms with Crippen LogP contribution in [0.2, 0.25) is 0 Å². The molecular formula is C16H12N4O5. The molecule has 0 bridgehead atoms. The first kappa shape index (κ1) is 14.9. The van der Waals surface area contributed by atoms with Gasteiger partial charge in [-0.05, 0) is 24.6 Å². The lowest BCUT2D eigenvalue weighted by Crippen LogP contribution is -2.27. The second-order valence-electron chi connectivity index (χ2n) is 5.75. The van der Waals surface area contributed by atoms with E-state index in [0.717, 1.165) is 10.6 Å². The highest BCUT2D eigenvalue weighted by Gasteiger charge is 2.32. The van der Waals surface area contributed by atoms with Crippen LogP contribution in [-0.2, 0) is 4.79 Å². The predicted octanol–water partition coefficient (Wildman–Crippen LogP) is -0.0574. The highest BCUT2D eigenvalue weighted by molar-refractivity contribution is 6.23. The number of pyridine rings is 1. The fourth-order valence-electron chi connectivity index (χ4n) is 3.04. The van der Waals surface area contributed by atoms with Crippen molar-refractivity contribution in [1.82, 2.24) is 9.88 Å². The highest BCUT2D eigenvalue weighted by Crippen LogP contribution is 2.34. The summed E-state index contributed by atoms with van der Waals surface area (Å²) in [6.45, 7) is 1.67. The third-order valence-electron chi connectivity index (χ3n) is 4.09. The molecular weight excluding hydrogens is 328 g/mol. The molecule has 3 amide bonds. The lowest BCUT2D eigenvalue weighted by atomic mass is 10.1. The number of nitrogens with zero attached hydrogens (tertiary/aromatic N) is 1. The molecule has 4 N–H and O–H groups in total. The molecule has 9 heteroatoms. The number of carbonyl (C=O) groups is 3. The third-order valence-corrected chi connectivity index (χ3v) is 4.09. The van der Waals surface area contributed by atoms with Crippen molar-refractivity contribution in [2.45, 2.75) is 6.92 Å². The van der Waals surface area contributed by atoms with E-state index < -0.39 is 17.4 Å². The number of carbonyl (C=O) groups excluding carboxylic acids is 3. The molecule has 0 aliphatic carbocycles.